The molecule has 1 N–H and O–H groups in total. The van der Waals surface area contributed by atoms with E-state index in [0.29, 0.717) is 49.2 Å². The Kier molecular flexibility index (Phi) is 7.01. The van der Waals surface area contributed by atoms with E-state index in [1.807, 2.05) is 6.07 Å². The van der Waals surface area contributed by atoms with Gasteiger partial charge in [-0.25, -0.2) is 0 Å². The van der Waals surface area contributed by atoms with Gasteiger partial charge in [0.15, 0.2) is 6.29 Å². The molecule has 2 fully saturated rings. The first-order chi connectivity index (χ1) is 15.1. The van der Waals surface area contributed by atoms with Crippen LogP contribution in [-0.4, -0.2) is 62.9 Å². The first kappa shape index (κ1) is 21.5. The molecule has 166 valence electrons. The maximum Gasteiger partial charge on any atom is 0.253 e. The lowest BCUT2D eigenvalue weighted by atomic mass is 9.96. The van der Waals surface area contributed by atoms with Gasteiger partial charge in [0.1, 0.15) is 5.76 Å². The Morgan fingerprint density at radius 2 is 1.84 bits per heavy atom. The molecule has 1 aromatic carbocycles. The second kappa shape index (κ2) is 10.1. The molecular weight excluding hydrogens is 398 g/mol. The maximum atomic E-state index is 13.0. The van der Waals surface area contributed by atoms with E-state index in [0.717, 1.165) is 25.9 Å². The lowest BCUT2D eigenvalue weighted by Gasteiger charge is -2.34. The Hall–Kier alpha value is -2.68. The van der Waals surface area contributed by atoms with Crippen LogP contribution in [0, 0.1) is 5.92 Å². The van der Waals surface area contributed by atoms with Crippen LogP contribution in [0.2, 0.25) is 0 Å². The quantitative estimate of drug-likeness (QED) is 0.730. The van der Waals surface area contributed by atoms with Crippen LogP contribution in [0.4, 0.5) is 5.69 Å². The van der Waals surface area contributed by atoms with Crippen molar-refractivity contribution in [2.24, 2.45) is 5.92 Å². The van der Waals surface area contributed by atoms with Gasteiger partial charge in [0.25, 0.3) is 5.91 Å². The van der Waals surface area contributed by atoms with Gasteiger partial charge in [-0.05, 0) is 50.2 Å². The summed E-state index contributed by atoms with van der Waals surface area (Å²) in [6.45, 7) is 3.61. The molecule has 2 aliphatic heterocycles. The molecular formula is C23H29N3O5. The molecule has 8 nitrogen and oxygen atoms in total. The summed E-state index contributed by atoms with van der Waals surface area (Å²) >= 11 is 0. The number of hydrogen-bond donors (Lipinski definition) is 1. The van der Waals surface area contributed by atoms with Crippen LogP contribution >= 0.6 is 0 Å². The van der Waals surface area contributed by atoms with Crippen LogP contribution < -0.4 is 10.2 Å². The zero-order chi connectivity index (χ0) is 21.6. The zero-order valence-electron chi connectivity index (χ0n) is 17.8. The van der Waals surface area contributed by atoms with Crippen LogP contribution in [-0.2, 0) is 20.8 Å². The molecule has 2 saturated heterocycles. The van der Waals surface area contributed by atoms with E-state index in [4.69, 9.17) is 13.9 Å². The summed E-state index contributed by atoms with van der Waals surface area (Å²) in [5.41, 5.74) is 1.05. The molecule has 8 heteroatoms. The van der Waals surface area contributed by atoms with E-state index < -0.39 is 0 Å². The zero-order valence-corrected chi connectivity index (χ0v) is 17.8. The lowest BCUT2D eigenvalue weighted by Crippen LogP contribution is -2.44. The summed E-state index contributed by atoms with van der Waals surface area (Å²) in [5.74, 6) is 0.777. The number of hydrogen-bond acceptors (Lipinski definition) is 6. The number of carbonyl (C=O) groups excluding carboxylic acids is 2. The molecule has 3 heterocycles. The van der Waals surface area contributed by atoms with Gasteiger partial charge in [-0.15, -0.1) is 0 Å². The highest BCUT2D eigenvalue weighted by Gasteiger charge is 2.31. The average molecular weight is 428 g/mol. The highest BCUT2D eigenvalue weighted by molar-refractivity contribution is 6.04. The molecule has 31 heavy (non-hydrogen) atoms. The van der Waals surface area contributed by atoms with Crippen LogP contribution in [0.1, 0.15) is 29.0 Å². The minimum atomic E-state index is -0.246. The number of piperidine rings is 1. The summed E-state index contributed by atoms with van der Waals surface area (Å²) in [6, 6.07) is 10.7. The van der Waals surface area contributed by atoms with E-state index in [2.05, 4.69) is 10.2 Å². The van der Waals surface area contributed by atoms with E-state index >= 15 is 0 Å². The largest absolute Gasteiger partial charge is 0.467 e. The second-order valence-corrected chi connectivity index (χ2v) is 7.96. The Labute approximate surface area is 182 Å². The maximum absolute atomic E-state index is 13.0. The molecule has 0 aliphatic carbocycles. The fourth-order valence-corrected chi connectivity index (χ4v) is 4.10. The number of anilines is 1. The first-order valence-electron chi connectivity index (χ1n) is 10.7. The topological polar surface area (TPSA) is 84.2 Å². The number of para-hydroxylation sites is 1. The standard InChI is InChI=1S/C23H29N3O5/c1-25(21(27)16-26-10-8-17(9-11-26)23-30-13-14-31-23)20-7-3-2-6-19(20)22(28)24-15-18-5-4-12-29-18/h2-7,12,17,23H,8-11,13-16H2,1H3,(H,24,28). The average Bonchev–Trinajstić information content (AvgIpc) is 3.52. The Morgan fingerprint density at radius 1 is 1.10 bits per heavy atom. The Bertz CT molecular complexity index is 871. The number of nitrogens with zero attached hydrogens (tertiary/aromatic N) is 2. The smallest absolute Gasteiger partial charge is 0.253 e. The van der Waals surface area contributed by atoms with Crippen molar-refractivity contribution in [3.63, 3.8) is 0 Å². The number of furan rings is 1. The van der Waals surface area contributed by atoms with Crippen molar-refractivity contribution >= 4 is 17.5 Å². The summed E-state index contributed by atoms with van der Waals surface area (Å²) in [4.78, 5) is 29.4. The molecule has 0 saturated carbocycles. The minimum absolute atomic E-state index is 0.0434. The molecule has 2 aromatic rings. The molecule has 0 bridgehead atoms. The number of amides is 2. The monoisotopic (exact) mass is 427 g/mol. The summed E-state index contributed by atoms with van der Waals surface area (Å²) in [5, 5.41) is 2.84. The second-order valence-electron chi connectivity index (χ2n) is 7.96. The van der Waals surface area contributed by atoms with Crippen molar-refractivity contribution in [2.75, 3.05) is 44.8 Å². The van der Waals surface area contributed by atoms with Gasteiger partial charge < -0.3 is 24.1 Å². The van der Waals surface area contributed by atoms with E-state index in [1.54, 1.807) is 48.5 Å². The molecule has 0 spiro atoms. The fraction of sp³-hybridized carbons (Fsp3) is 0.478. The minimum Gasteiger partial charge on any atom is -0.467 e. The van der Waals surface area contributed by atoms with E-state index in [1.165, 1.54) is 0 Å². The Morgan fingerprint density at radius 3 is 2.55 bits per heavy atom. The van der Waals surface area contributed by atoms with Gasteiger partial charge in [-0.3, -0.25) is 14.5 Å². The normalized spacial score (nSPS) is 18.2. The SMILES string of the molecule is CN(C(=O)CN1CCC(C2OCCO2)CC1)c1ccccc1C(=O)NCc1ccco1. The van der Waals surface area contributed by atoms with Crippen LogP contribution in [0.3, 0.4) is 0 Å². The van der Waals surface area contributed by atoms with Crippen LogP contribution in [0.25, 0.3) is 0 Å². The van der Waals surface area contributed by atoms with Crippen molar-refractivity contribution < 1.29 is 23.5 Å². The third-order valence-electron chi connectivity index (χ3n) is 5.91. The van der Waals surface area contributed by atoms with Crippen LogP contribution in [0.15, 0.2) is 47.1 Å². The third-order valence-corrected chi connectivity index (χ3v) is 5.91. The number of rotatable bonds is 7. The molecule has 0 atom stereocenters. The predicted molar refractivity (Wildman–Crippen MR) is 115 cm³/mol. The molecule has 0 radical (unpaired) electrons. The highest BCUT2D eigenvalue weighted by Crippen LogP contribution is 2.26. The third kappa shape index (κ3) is 5.33. The van der Waals surface area contributed by atoms with Crippen molar-refractivity contribution in [1.29, 1.82) is 0 Å². The van der Waals surface area contributed by atoms with Crippen molar-refractivity contribution in [2.45, 2.75) is 25.7 Å². The summed E-state index contributed by atoms with van der Waals surface area (Å²) in [6.07, 6.45) is 3.38. The van der Waals surface area contributed by atoms with Gasteiger partial charge >= 0.3 is 0 Å². The van der Waals surface area contributed by atoms with Gasteiger partial charge in [0.05, 0.1) is 43.8 Å². The first-order valence-corrected chi connectivity index (χ1v) is 10.7. The lowest BCUT2D eigenvalue weighted by molar-refractivity contribution is -0.121. The number of benzene rings is 1. The number of likely N-dealkylation sites (tertiary alicyclic amines) is 1. The van der Waals surface area contributed by atoms with Crippen molar-refractivity contribution in [3.8, 4) is 0 Å². The number of carbonyl (C=O) groups is 2. The Balaban J connectivity index is 1.33. The molecule has 2 amide bonds. The van der Waals surface area contributed by atoms with Crippen molar-refractivity contribution in [3.05, 3.63) is 54.0 Å². The highest BCUT2D eigenvalue weighted by atomic mass is 16.7. The van der Waals surface area contributed by atoms with E-state index in [-0.39, 0.29) is 18.1 Å². The van der Waals surface area contributed by atoms with Crippen LogP contribution in [0.5, 0.6) is 0 Å². The number of nitrogens with one attached hydrogen (secondary N) is 1. The van der Waals surface area contributed by atoms with Gasteiger partial charge in [-0.1, -0.05) is 12.1 Å². The summed E-state index contributed by atoms with van der Waals surface area (Å²) in [7, 11) is 1.72. The molecule has 2 aliphatic rings. The van der Waals surface area contributed by atoms with E-state index in [9.17, 15) is 9.59 Å². The number of ether oxygens (including phenoxy) is 2. The van der Waals surface area contributed by atoms with Gasteiger partial charge in [0.2, 0.25) is 5.91 Å². The summed E-state index contributed by atoms with van der Waals surface area (Å²) < 4.78 is 16.5. The molecule has 0 unspecified atom stereocenters. The van der Waals surface area contributed by atoms with Gasteiger partial charge in [-0.2, -0.15) is 0 Å². The fourth-order valence-electron chi connectivity index (χ4n) is 4.10. The molecule has 1 aromatic heterocycles. The van der Waals surface area contributed by atoms with Gasteiger partial charge in [0, 0.05) is 13.0 Å². The van der Waals surface area contributed by atoms with Crippen molar-refractivity contribution in [1.82, 2.24) is 10.2 Å². The number of likely N-dealkylation sites (N-methyl/N-ethyl adjacent to an activating group) is 1. The predicted octanol–water partition coefficient (Wildman–Crippen LogP) is 2.26. The molecule has 4 rings (SSSR count).